The first-order chi connectivity index (χ1) is 14.9. The molecule has 0 unspecified atom stereocenters. The summed E-state index contributed by atoms with van der Waals surface area (Å²) in [5.41, 5.74) is 1.60. The van der Waals surface area contributed by atoms with Crippen LogP contribution in [0.3, 0.4) is 0 Å². The minimum absolute atomic E-state index is 0.0379. The van der Waals surface area contributed by atoms with Crippen molar-refractivity contribution in [1.29, 1.82) is 0 Å². The van der Waals surface area contributed by atoms with E-state index in [1.807, 2.05) is 44.2 Å². The number of aromatic nitrogens is 3. The summed E-state index contributed by atoms with van der Waals surface area (Å²) in [6, 6.07) is 14.7. The molecule has 2 aromatic carbocycles. The average Bonchev–Trinajstić information content (AvgIpc) is 2.75. The summed E-state index contributed by atoms with van der Waals surface area (Å²) in [4.78, 5) is 38.9. The number of benzene rings is 2. The second-order valence-electron chi connectivity index (χ2n) is 7.36. The number of rotatable bonds is 8. The minimum Gasteiger partial charge on any atom is -0.385 e. The Hall–Kier alpha value is -3.52. The van der Waals surface area contributed by atoms with Crippen molar-refractivity contribution in [2.75, 3.05) is 20.3 Å². The molecular weight excluding hydrogens is 396 g/mol. The zero-order valence-corrected chi connectivity index (χ0v) is 17.9. The van der Waals surface area contributed by atoms with Crippen LogP contribution in [0.5, 0.6) is 0 Å². The molecule has 1 aromatic heterocycles. The van der Waals surface area contributed by atoms with Crippen molar-refractivity contribution in [2.24, 2.45) is 0 Å². The fraction of sp³-hybridized carbons (Fsp3) is 0.304. The third kappa shape index (κ3) is 5.35. The van der Waals surface area contributed by atoms with Gasteiger partial charge in [0.15, 0.2) is 0 Å². The van der Waals surface area contributed by atoms with Crippen LogP contribution in [0.1, 0.15) is 33.6 Å². The fourth-order valence-corrected chi connectivity index (χ4v) is 3.10. The van der Waals surface area contributed by atoms with Crippen LogP contribution in [0.25, 0.3) is 5.69 Å². The van der Waals surface area contributed by atoms with E-state index >= 15 is 0 Å². The first-order valence-corrected chi connectivity index (χ1v) is 10.0. The van der Waals surface area contributed by atoms with E-state index in [0.29, 0.717) is 25.3 Å². The summed E-state index contributed by atoms with van der Waals surface area (Å²) in [5.74, 6) is -0.625. The molecule has 0 saturated heterocycles. The molecule has 3 aromatic rings. The second-order valence-corrected chi connectivity index (χ2v) is 7.36. The number of amides is 1. The number of hydrogen-bond acceptors (Lipinski definition) is 5. The topological polar surface area (TPSA) is 95.2 Å². The van der Waals surface area contributed by atoms with Crippen molar-refractivity contribution in [3.8, 4) is 5.69 Å². The maximum Gasteiger partial charge on any atom is 0.352 e. The smallest absolute Gasteiger partial charge is 0.352 e. The van der Waals surface area contributed by atoms with Gasteiger partial charge in [-0.15, -0.1) is 0 Å². The molecular formula is C23H26N4O4. The summed E-state index contributed by atoms with van der Waals surface area (Å²) in [5, 5.41) is 6.80. The summed E-state index contributed by atoms with van der Waals surface area (Å²) in [7, 11) is 1.57. The van der Waals surface area contributed by atoms with E-state index in [4.69, 9.17) is 4.74 Å². The van der Waals surface area contributed by atoms with E-state index in [1.165, 1.54) is 0 Å². The highest BCUT2D eigenvalue weighted by Crippen LogP contribution is 2.08. The van der Waals surface area contributed by atoms with Crippen LogP contribution in [-0.4, -0.2) is 40.5 Å². The second kappa shape index (κ2) is 9.99. The Morgan fingerprint density at radius 2 is 1.81 bits per heavy atom. The molecule has 0 atom stereocenters. The fourth-order valence-electron chi connectivity index (χ4n) is 3.10. The summed E-state index contributed by atoms with van der Waals surface area (Å²) < 4.78 is 7.12. The molecule has 0 spiro atoms. The lowest BCUT2D eigenvalue weighted by Crippen LogP contribution is -2.46. The van der Waals surface area contributed by atoms with Gasteiger partial charge in [-0.1, -0.05) is 42.0 Å². The maximum absolute atomic E-state index is 13.2. The van der Waals surface area contributed by atoms with Gasteiger partial charge in [0.1, 0.15) is 0 Å². The van der Waals surface area contributed by atoms with Crippen LogP contribution in [-0.2, 0) is 11.3 Å². The zero-order valence-electron chi connectivity index (χ0n) is 17.9. The lowest BCUT2D eigenvalue weighted by atomic mass is 10.1. The van der Waals surface area contributed by atoms with Crippen molar-refractivity contribution in [3.63, 3.8) is 0 Å². The number of hydrogen-bond donors (Lipinski definition) is 1. The van der Waals surface area contributed by atoms with E-state index in [9.17, 15) is 14.4 Å². The number of carbonyl (C=O) groups is 1. The lowest BCUT2D eigenvalue weighted by molar-refractivity contribution is 0.0938. The molecule has 1 heterocycles. The highest BCUT2D eigenvalue weighted by atomic mass is 16.5. The molecule has 8 nitrogen and oxygen atoms in total. The molecule has 0 aliphatic heterocycles. The Labute approximate surface area is 180 Å². The molecule has 162 valence electrons. The predicted molar refractivity (Wildman–Crippen MR) is 118 cm³/mol. The van der Waals surface area contributed by atoms with Crippen LogP contribution in [0, 0.1) is 13.8 Å². The molecule has 0 bridgehead atoms. The van der Waals surface area contributed by atoms with E-state index in [-0.39, 0.29) is 12.2 Å². The summed E-state index contributed by atoms with van der Waals surface area (Å²) in [6.45, 7) is 4.69. The van der Waals surface area contributed by atoms with Crippen LogP contribution >= 0.6 is 0 Å². The maximum atomic E-state index is 13.2. The summed E-state index contributed by atoms with van der Waals surface area (Å²) >= 11 is 0. The molecule has 0 saturated carbocycles. The lowest BCUT2D eigenvalue weighted by Gasteiger charge is -2.13. The van der Waals surface area contributed by atoms with Gasteiger partial charge in [0, 0.05) is 20.3 Å². The van der Waals surface area contributed by atoms with Crippen molar-refractivity contribution < 1.29 is 9.53 Å². The van der Waals surface area contributed by atoms with Crippen molar-refractivity contribution in [3.05, 3.63) is 91.8 Å². The zero-order chi connectivity index (χ0) is 22.4. The van der Waals surface area contributed by atoms with Gasteiger partial charge >= 0.3 is 5.69 Å². The molecule has 0 aliphatic carbocycles. The van der Waals surface area contributed by atoms with Gasteiger partial charge in [0.2, 0.25) is 5.69 Å². The third-order valence-electron chi connectivity index (χ3n) is 4.79. The Bertz CT molecular complexity index is 1180. The number of carbonyl (C=O) groups excluding carboxylic acids is 1. The van der Waals surface area contributed by atoms with Crippen LogP contribution in [0.2, 0.25) is 0 Å². The standard InChI is InChI=1S/C23H26N4O4/c1-16-8-10-18(11-9-16)15-26-22(29)20(21(28)24-12-5-13-31-3)25-27(23(26)30)19-7-4-6-17(2)14-19/h4,6-11,14H,5,12-13,15H2,1-3H3,(H,24,28). The van der Waals surface area contributed by atoms with Crippen LogP contribution in [0.4, 0.5) is 0 Å². The van der Waals surface area contributed by atoms with Crippen LogP contribution in [0.15, 0.2) is 58.1 Å². The molecule has 31 heavy (non-hydrogen) atoms. The first kappa shape index (κ1) is 22.2. The van der Waals surface area contributed by atoms with E-state index in [1.54, 1.807) is 25.3 Å². The number of ether oxygens (including phenoxy) is 1. The molecule has 1 amide bonds. The first-order valence-electron chi connectivity index (χ1n) is 10.0. The highest BCUT2D eigenvalue weighted by Gasteiger charge is 2.20. The molecule has 0 fully saturated rings. The molecule has 1 N–H and O–H groups in total. The normalized spacial score (nSPS) is 10.8. The highest BCUT2D eigenvalue weighted by molar-refractivity contribution is 5.91. The summed E-state index contributed by atoms with van der Waals surface area (Å²) in [6.07, 6.45) is 0.595. The number of aryl methyl sites for hydroxylation is 2. The predicted octanol–water partition coefficient (Wildman–Crippen LogP) is 1.83. The Morgan fingerprint density at radius 1 is 1.06 bits per heavy atom. The van der Waals surface area contributed by atoms with E-state index in [0.717, 1.165) is 25.9 Å². The van der Waals surface area contributed by atoms with Crippen molar-refractivity contribution >= 4 is 5.91 Å². The molecule has 0 aliphatic rings. The van der Waals surface area contributed by atoms with Gasteiger partial charge in [-0.05, 0) is 43.5 Å². The van der Waals surface area contributed by atoms with Gasteiger partial charge < -0.3 is 10.1 Å². The van der Waals surface area contributed by atoms with Crippen molar-refractivity contribution in [1.82, 2.24) is 19.7 Å². The van der Waals surface area contributed by atoms with Gasteiger partial charge in [-0.25, -0.2) is 4.79 Å². The van der Waals surface area contributed by atoms with Crippen LogP contribution < -0.4 is 16.6 Å². The van der Waals surface area contributed by atoms with Gasteiger partial charge in [-0.3, -0.25) is 14.2 Å². The minimum atomic E-state index is -0.723. The Kier molecular flexibility index (Phi) is 7.15. The van der Waals surface area contributed by atoms with E-state index in [2.05, 4.69) is 10.4 Å². The number of nitrogens with one attached hydrogen (secondary N) is 1. The number of methoxy groups -OCH3 is 1. The SMILES string of the molecule is COCCCNC(=O)c1nn(-c2cccc(C)c2)c(=O)n(Cc2ccc(C)cc2)c1=O. The third-order valence-corrected chi connectivity index (χ3v) is 4.79. The monoisotopic (exact) mass is 422 g/mol. The quantitative estimate of drug-likeness (QED) is 0.559. The van der Waals surface area contributed by atoms with Gasteiger partial charge in [0.25, 0.3) is 11.5 Å². The Balaban J connectivity index is 2.08. The van der Waals surface area contributed by atoms with E-state index < -0.39 is 17.2 Å². The number of nitrogens with zero attached hydrogens (tertiary/aromatic N) is 3. The molecule has 8 heteroatoms. The molecule has 0 radical (unpaired) electrons. The Morgan fingerprint density at radius 3 is 2.48 bits per heavy atom. The van der Waals surface area contributed by atoms with Crippen molar-refractivity contribution in [2.45, 2.75) is 26.8 Å². The largest absolute Gasteiger partial charge is 0.385 e. The average molecular weight is 422 g/mol. The molecule has 3 rings (SSSR count). The van der Waals surface area contributed by atoms with Gasteiger partial charge in [0.05, 0.1) is 12.2 Å². The van der Waals surface area contributed by atoms with Gasteiger partial charge in [-0.2, -0.15) is 9.78 Å².